The Morgan fingerprint density at radius 3 is 2.68 bits per heavy atom. The van der Waals surface area contributed by atoms with Crippen LogP contribution in [0.15, 0.2) is 22.7 Å². The van der Waals surface area contributed by atoms with Gasteiger partial charge in [0.25, 0.3) is 0 Å². The molecule has 108 valence electrons. The Hall–Kier alpha value is -0.160. The lowest BCUT2D eigenvalue weighted by Gasteiger charge is -2.42. The molecule has 0 amide bonds. The van der Waals surface area contributed by atoms with Crippen LogP contribution >= 0.6 is 28.3 Å². The number of hydrogen-bond acceptors (Lipinski definition) is 2. The van der Waals surface area contributed by atoms with Crippen LogP contribution in [0.2, 0.25) is 0 Å². The van der Waals surface area contributed by atoms with Crippen LogP contribution in [-0.2, 0) is 6.54 Å². The summed E-state index contributed by atoms with van der Waals surface area (Å²) in [5.74, 6) is -0.188. The molecule has 1 saturated heterocycles. The predicted molar refractivity (Wildman–Crippen MR) is 83.0 cm³/mol. The molecule has 1 aromatic carbocycles. The van der Waals surface area contributed by atoms with Crippen molar-refractivity contribution in [2.45, 2.75) is 32.9 Å². The van der Waals surface area contributed by atoms with E-state index in [0.29, 0.717) is 0 Å². The van der Waals surface area contributed by atoms with Crippen LogP contribution in [0, 0.1) is 11.2 Å². The minimum Gasteiger partial charge on any atom is -0.327 e. The Bertz CT molecular complexity index is 419. The van der Waals surface area contributed by atoms with Crippen molar-refractivity contribution < 1.29 is 4.39 Å². The molecular weight excluding hydrogens is 331 g/mol. The smallest absolute Gasteiger partial charge is 0.124 e. The fourth-order valence-corrected chi connectivity index (χ4v) is 3.09. The molecule has 0 radical (unpaired) electrons. The van der Waals surface area contributed by atoms with E-state index in [-0.39, 0.29) is 29.7 Å². The molecule has 0 bridgehead atoms. The first-order valence-electron chi connectivity index (χ1n) is 6.30. The second kappa shape index (κ2) is 6.53. The van der Waals surface area contributed by atoms with Crippen molar-refractivity contribution in [1.29, 1.82) is 0 Å². The highest BCUT2D eigenvalue weighted by Crippen LogP contribution is 2.29. The van der Waals surface area contributed by atoms with Gasteiger partial charge in [0.15, 0.2) is 0 Å². The molecule has 2 rings (SSSR count). The van der Waals surface area contributed by atoms with Crippen molar-refractivity contribution in [3.8, 4) is 0 Å². The van der Waals surface area contributed by atoms with Crippen molar-refractivity contribution in [3.63, 3.8) is 0 Å². The Kier molecular flexibility index (Phi) is 5.80. The van der Waals surface area contributed by atoms with E-state index >= 15 is 0 Å². The van der Waals surface area contributed by atoms with Gasteiger partial charge in [0.1, 0.15) is 5.82 Å². The van der Waals surface area contributed by atoms with Gasteiger partial charge in [-0.1, -0.05) is 29.8 Å². The summed E-state index contributed by atoms with van der Waals surface area (Å²) >= 11 is 3.33. The number of hydrogen-bond donors (Lipinski definition) is 1. The van der Waals surface area contributed by atoms with Gasteiger partial charge < -0.3 is 5.73 Å². The number of rotatable bonds is 2. The maximum absolute atomic E-state index is 13.3. The van der Waals surface area contributed by atoms with Crippen molar-refractivity contribution in [3.05, 3.63) is 34.1 Å². The molecule has 1 heterocycles. The average Bonchev–Trinajstić information content (AvgIpc) is 2.21. The van der Waals surface area contributed by atoms with Gasteiger partial charge in [0, 0.05) is 30.1 Å². The van der Waals surface area contributed by atoms with Crippen LogP contribution in [0.25, 0.3) is 0 Å². The van der Waals surface area contributed by atoms with Gasteiger partial charge in [-0.05, 0) is 35.6 Å². The number of nitrogens with zero attached hydrogens (tertiary/aromatic N) is 1. The van der Waals surface area contributed by atoms with Gasteiger partial charge in [0.2, 0.25) is 0 Å². The van der Waals surface area contributed by atoms with Crippen LogP contribution in [-0.4, -0.2) is 24.0 Å². The first-order valence-corrected chi connectivity index (χ1v) is 7.09. The lowest BCUT2D eigenvalue weighted by atomic mass is 9.79. The Morgan fingerprint density at radius 2 is 2.11 bits per heavy atom. The number of nitrogens with two attached hydrogens (primary N) is 1. The molecule has 2 nitrogen and oxygen atoms in total. The third-order valence-corrected chi connectivity index (χ3v) is 4.18. The first kappa shape index (κ1) is 16.9. The maximum Gasteiger partial charge on any atom is 0.124 e. The summed E-state index contributed by atoms with van der Waals surface area (Å²) in [6.07, 6.45) is 1.00. The van der Waals surface area contributed by atoms with Crippen LogP contribution < -0.4 is 5.73 Å². The fraction of sp³-hybridized carbons (Fsp3) is 0.571. The molecule has 0 spiro atoms. The average molecular weight is 352 g/mol. The van der Waals surface area contributed by atoms with Crippen molar-refractivity contribution in [2.24, 2.45) is 11.1 Å². The molecule has 1 aromatic rings. The van der Waals surface area contributed by atoms with E-state index in [9.17, 15) is 4.39 Å². The Labute approximate surface area is 129 Å². The van der Waals surface area contributed by atoms with Crippen molar-refractivity contribution in [2.75, 3.05) is 13.1 Å². The summed E-state index contributed by atoms with van der Waals surface area (Å²) in [7, 11) is 0. The fourth-order valence-electron chi connectivity index (χ4n) is 2.58. The summed E-state index contributed by atoms with van der Waals surface area (Å²) in [6, 6.07) is 5.32. The zero-order valence-corrected chi connectivity index (χ0v) is 13.7. The minimum absolute atomic E-state index is 0. The van der Waals surface area contributed by atoms with Crippen molar-refractivity contribution >= 4 is 28.3 Å². The second-order valence-corrected chi connectivity index (χ2v) is 6.79. The third-order valence-electron chi connectivity index (χ3n) is 3.72. The minimum atomic E-state index is -0.188. The Balaban J connectivity index is 0.00000180. The monoisotopic (exact) mass is 350 g/mol. The molecule has 0 aliphatic carbocycles. The molecule has 2 N–H and O–H groups in total. The predicted octanol–water partition coefficient (Wildman–Crippen LogP) is 3.57. The van der Waals surface area contributed by atoms with Gasteiger partial charge >= 0.3 is 0 Å². The number of halogens is 3. The zero-order chi connectivity index (χ0) is 13.3. The second-order valence-electron chi connectivity index (χ2n) is 5.87. The van der Waals surface area contributed by atoms with Crippen LogP contribution in [0.4, 0.5) is 4.39 Å². The van der Waals surface area contributed by atoms with Gasteiger partial charge in [-0.2, -0.15) is 0 Å². The molecule has 5 heteroatoms. The molecule has 1 aliphatic heterocycles. The normalized spacial score (nSPS) is 22.9. The summed E-state index contributed by atoms with van der Waals surface area (Å²) < 4.78 is 14.1. The highest BCUT2D eigenvalue weighted by atomic mass is 79.9. The van der Waals surface area contributed by atoms with E-state index in [4.69, 9.17) is 5.73 Å². The molecular formula is C14H21BrClFN2. The van der Waals surface area contributed by atoms with Gasteiger partial charge in [0.05, 0.1) is 0 Å². The van der Waals surface area contributed by atoms with Gasteiger partial charge in [-0.15, -0.1) is 12.4 Å². The number of piperidine rings is 1. The zero-order valence-electron chi connectivity index (χ0n) is 11.3. The quantitative estimate of drug-likeness (QED) is 0.882. The topological polar surface area (TPSA) is 29.3 Å². The summed E-state index contributed by atoms with van der Waals surface area (Å²) in [4.78, 5) is 2.35. The van der Waals surface area contributed by atoms with Crippen LogP contribution in [0.5, 0.6) is 0 Å². The lowest BCUT2D eigenvalue weighted by molar-refractivity contribution is 0.0898. The number of likely N-dealkylation sites (tertiary alicyclic amines) is 1. The van der Waals surface area contributed by atoms with E-state index in [1.165, 1.54) is 6.07 Å². The van der Waals surface area contributed by atoms with Gasteiger partial charge in [-0.25, -0.2) is 4.39 Å². The summed E-state index contributed by atoms with van der Waals surface area (Å²) in [5, 5.41) is 0. The Morgan fingerprint density at radius 1 is 1.42 bits per heavy atom. The largest absolute Gasteiger partial charge is 0.327 e. The third kappa shape index (κ3) is 4.42. The van der Waals surface area contributed by atoms with E-state index in [0.717, 1.165) is 36.1 Å². The van der Waals surface area contributed by atoms with E-state index in [1.54, 1.807) is 6.07 Å². The van der Waals surface area contributed by atoms with E-state index < -0.39 is 0 Å². The molecule has 1 unspecified atom stereocenters. The molecule has 19 heavy (non-hydrogen) atoms. The maximum atomic E-state index is 13.3. The standard InChI is InChI=1S/C14H20BrFN2.ClH/c1-14(2)9-18(4-3-13(14)17)8-10-5-11(15)7-12(16)6-10;/h5-7,13H,3-4,8-9,17H2,1-2H3;1H. The van der Waals surface area contributed by atoms with E-state index in [1.807, 2.05) is 6.07 Å². The van der Waals surface area contributed by atoms with E-state index in [2.05, 4.69) is 34.7 Å². The molecule has 1 fully saturated rings. The SMILES string of the molecule is CC1(C)CN(Cc2cc(F)cc(Br)c2)CCC1N.Cl. The molecule has 1 atom stereocenters. The molecule has 0 aromatic heterocycles. The van der Waals surface area contributed by atoms with Crippen LogP contribution in [0.3, 0.4) is 0 Å². The molecule has 1 aliphatic rings. The lowest BCUT2D eigenvalue weighted by Crippen LogP contribution is -2.52. The van der Waals surface area contributed by atoms with Crippen molar-refractivity contribution in [1.82, 2.24) is 4.90 Å². The number of benzene rings is 1. The first-order chi connectivity index (χ1) is 8.37. The summed E-state index contributed by atoms with van der Waals surface area (Å²) in [6.45, 7) is 7.13. The summed E-state index contributed by atoms with van der Waals surface area (Å²) in [5.41, 5.74) is 7.26. The highest BCUT2D eigenvalue weighted by Gasteiger charge is 2.33. The highest BCUT2D eigenvalue weighted by molar-refractivity contribution is 9.10. The molecule has 0 saturated carbocycles. The van der Waals surface area contributed by atoms with Gasteiger partial charge in [-0.3, -0.25) is 4.90 Å². The van der Waals surface area contributed by atoms with Crippen LogP contribution in [0.1, 0.15) is 25.8 Å².